The highest BCUT2D eigenvalue weighted by Crippen LogP contribution is 2.25. The van der Waals surface area contributed by atoms with Crippen molar-refractivity contribution in [2.75, 3.05) is 6.61 Å². The van der Waals surface area contributed by atoms with E-state index in [9.17, 15) is 4.79 Å². The summed E-state index contributed by atoms with van der Waals surface area (Å²) >= 11 is 0. The van der Waals surface area contributed by atoms with Crippen LogP contribution in [0, 0.1) is 12.5 Å². The molecule has 0 saturated heterocycles. The molecule has 0 unspecified atom stereocenters. The fourth-order valence-electron chi connectivity index (χ4n) is 1.57. The van der Waals surface area contributed by atoms with E-state index in [0.717, 1.165) is 12.8 Å². The molecule has 1 rings (SSSR count). The normalized spacial score (nSPS) is 18.2. The summed E-state index contributed by atoms with van der Waals surface area (Å²) in [6, 6.07) is 0. The van der Waals surface area contributed by atoms with Crippen LogP contribution in [0.2, 0.25) is 0 Å². The summed E-state index contributed by atoms with van der Waals surface area (Å²) in [6.07, 6.45) is 5.50. The van der Waals surface area contributed by atoms with Gasteiger partial charge in [0.15, 0.2) is 0 Å². The second kappa shape index (κ2) is 5.84. The standard InChI is InChI=1S/C10H17O3/c1-2-12-10(11)13-8-9-6-4-3-5-7-9/h8-9H,2-7H2,1H3. The van der Waals surface area contributed by atoms with Gasteiger partial charge in [-0.2, -0.15) is 0 Å². The van der Waals surface area contributed by atoms with Gasteiger partial charge in [0.05, 0.1) is 6.61 Å². The van der Waals surface area contributed by atoms with E-state index in [1.165, 1.54) is 19.3 Å². The molecule has 0 aromatic rings. The quantitative estimate of drug-likeness (QED) is 0.634. The monoisotopic (exact) mass is 185 g/mol. The highest BCUT2D eigenvalue weighted by atomic mass is 16.7. The summed E-state index contributed by atoms with van der Waals surface area (Å²) in [5.41, 5.74) is 0. The van der Waals surface area contributed by atoms with Crippen molar-refractivity contribution in [2.24, 2.45) is 5.92 Å². The van der Waals surface area contributed by atoms with Crippen molar-refractivity contribution < 1.29 is 14.3 Å². The van der Waals surface area contributed by atoms with Gasteiger partial charge < -0.3 is 9.47 Å². The van der Waals surface area contributed by atoms with Crippen molar-refractivity contribution in [3.63, 3.8) is 0 Å². The summed E-state index contributed by atoms with van der Waals surface area (Å²) in [4.78, 5) is 10.8. The summed E-state index contributed by atoms with van der Waals surface area (Å²) in [5.74, 6) is 0.443. The van der Waals surface area contributed by atoms with Crippen LogP contribution in [0.3, 0.4) is 0 Å². The first-order valence-corrected chi connectivity index (χ1v) is 4.99. The van der Waals surface area contributed by atoms with E-state index in [2.05, 4.69) is 4.74 Å². The third kappa shape index (κ3) is 4.15. The van der Waals surface area contributed by atoms with Gasteiger partial charge in [-0.15, -0.1) is 0 Å². The van der Waals surface area contributed by atoms with Crippen LogP contribution in [0.5, 0.6) is 0 Å². The minimum Gasteiger partial charge on any atom is -0.435 e. The van der Waals surface area contributed by atoms with Gasteiger partial charge in [0.1, 0.15) is 6.61 Å². The third-order valence-electron chi connectivity index (χ3n) is 2.27. The van der Waals surface area contributed by atoms with E-state index < -0.39 is 6.16 Å². The predicted molar refractivity (Wildman–Crippen MR) is 49.0 cm³/mol. The summed E-state index contributed by atoms with van der Waals surface area (Å²) in [6.45, 7) is 3.77. The van der Waals surface area contributed by atoms with Crippen LogP contribution < -0.4 is 0 Å². The molecule has 0 N–H and O–H groups in total. The maximum atomic E-state index is 10.8. The maximum Gasteiger partial charge on any atom is 0.508 e. The minimum atomic E-state index is -0.576. The SMILES string of the molecule is CCOC(=O)O[CH]C1CCCCC1. The smallest absolute Gasteiger partial charge is 0.435 e. The molecule has 0 aliphatic heterocycles. The van der Waals surface area contributed by atoms with E-state index in [0.29, 0.717) is 12.5 Å². The molecule has 0 spiro atoms. The zero-order valence-electron chi connectivity index (χ0n) is 8.12. The first-order chi connectivity index (χ1) is 6.33. The van der Waals surface area contributed by atoms with Crippen LogP contribution >= 0.6 is 0 Å². The largest absolute Gasteiger partial charge is 0.508 e. The second-order valence-electron chi connectivity index (χ2n) is 3.34. The Morgan fingerprint density at radius 3 is 2.69 bits per heavy atom. The molecular weight excluding hydrogens is 168 g/mol. The Morgan fingerprint density at radius 2 is 2.08 bits per heavy atom. The average molecular weight is 185 g/mol. The zero-order chi connectivity index (χ0) is 9.52. The second-order valence-corrected chi connectivity index (χ2v) is 3.34. The maximum absolute atomic E-state index is 10.8. The van der Waals surface area contributed by atoms with Crippen LogP contribution in [-0.2, 0) is 9.47 Å². The third-order valence-corrected chi connectivity index (χ3v) is 2.27. The van der Waals surface area contributed by atoms with Gasteiger partial charge in [-0.25, -0.2) is 4.79 Å². The van der Waals surface area contributed by atoms with Crippen LogP contribution in [-0.4, -0.2) is 12.8 Å². The number of carbonyl (C=O) groups is 1. The van der Waals surface area contributed by atoms with E-state index in [1.54, 1.807) is 13.5 Å². The van der Waals surface area contributed by atoms with Gasteiger partial charge in [-0.1, -0.05) is 19.3 Å². The topological polar surface area (TPSA) is 35.5 Å². The number of hydrogen-bond acceptors (Lipinski definition) is 3. The van der Waals surface area contributed by atoms with E-state index in [4.69, 9.17) is 4.74 Å². The molecule has 0 heterocycles. The molecule has 1 saturated carbocycles. The molecule has 1 fully saturated rings. The summed E-state index contributed by atoms with van der Waals surface area (Å²) in [7, 11) is 0. The predicted octanol–water partition coefficient (Wildman–Crippen LogP) is 2.90. The Kier molecular flexibility index (Phi) is 4.65. The molecule has 1 radical (unpaired) electrons. The lowest BCUT2D eigenvalue weighted by molar-refractivity contribution is 0.0675. The van der Waals surface area contributed by atoms with E-state index in [-0.39, 0.29) is 0 Å². The summed E-state index contributed by atoms with van der Waals surface area (Å²) < 4.78 is 9.48. The molecule has 0 aromatic heterocycles. The van der Waals surface area contributed by atoms with Gasteiger partial charge in [0, 0.05) is 0 Å². The Morgan fingerprint density at radius 1 is 1.38 bits per heavy atom. The molecule has 0 aromatic carbocycles. The van der Waals surface area contributed by atoms with Crippen molar-refractivity contribution in [1.29, 1.82) is 0 Å². The zero-order valence-corrected chi connectivity index (χ0v) is 8.12. The van der Waals surface area contributed by atoms with Gasteiger partial charge in [0.2, 0.25) is 0 Å². The first-order valence-electron chi connectivity index (χ1n) is 4.99. The molecular formula is C10H17O3. The van der Waals surface area contributed by atoms with Crippen molar-refractivity contribution in [3.05, 3.63) is 6.61 Å². The number of rotatable bonds is 3. The molecule has 75 valence electrons. The average Bonchev–Trinajstić information content (AvgIpc) is 2.17. The lowest BCUT2D eigenvalue weighted by Crippen LogP contribution is -2.13. The van der Waals surface area contributed by atoms with Gasteiger partial charge in [-0.3, -0.25) is 0 Å². The fraction of sp³-hybridized carbons (Fsp3) is 0.800. The molecule has 3 heteroatoms. The molecule has 1 aliphatic rings. The highest BCUT2D eigenvalue weighted by molar-refractivity contribution is 5.60. The van der Waals surface area contributed by atoms with Crippen molar-refractivity contribution >= 4 is 6.16 Å². The van der Waals surface area contributed by atoms with Crippen molar-refractivity contribution in [2.45, 2.75) is 39.0 Å². The molecule has 0 amide bonds. The highest BCUT2D eigenvalue weighted by Gasteiger charge is 2.16. The molecule has 0 atom stereocenters. The number of hydrogen-bond donors (Lipinski definition) is 0. The number of ether oxygens (including phenoxy) is 2. The van der Waals surface area contributed by atoms with Crippen molar-refractivity contribution in [3.8, 4) is 0 Å². The summed E-state index contributed by atoms with van der Waals surface area (Å²) in [5, 5.41) is 0. The molecule has 13 heavy (non-hydrogen) atoms. The minimum absolute atomic E-state index is 0.372. The van der Waals surface area contributed by atoms with Crippen LogP contribution in [0.15, 0.2) is 0 Å². The van der Waals surface area contributed by atoms with Crippen LogP contribution in [0.25, 0.3) is 0 Å². The van der Waals surface area contributed by atoms with Crippen molar-refractivity contribution in [1.82, 2.24) is 0 Å². The van der Waals surface area contributed by atoms with Crippen LogP contribution in [0.4, 0.5) is 4.79 Å². The lowest BCUT2D eigenvalue weighted by atomic mass is 9.90. The Hall–Kier alpha value is -0.730. The Balaban J connectivity index is 2.06. The van der Waals surface area contributed by atoms with Gasteiger partial charge in [-0.05, 0) is 25.7 Å². The molecule has 0 bridgehead atoms. The van der Waals surface area contributed by atoms with Crippen LogP contribution in [0.1, 0.15) is 39.0 Å². The van der Waals surface area contributed by atoms with Gasteiger partial charge in [0.25, 0.3) is 0 Å². The van der Waals surface area contributed by atoms with E-state index >= 15 is 0 Å². The molecule has 3 nitrogen and oxygen atoms in total. The van der Waals surface area contributed by atoms with E-state index in [1.807, 2.05) is 0 Å². The lowest BCUT2D eigenvalue weighted by Gasteiger charge is -2.19. The first kappa shape index (κ1) is 10.4. The number of carbonyl (C=O) groups excluding carboxylic acids is 1. The Labute approximate surface area is 79.4 Å². The fourth-order valence-corrected chi connectivity index (χ4v) is 1.57. The van der Waals surface area contributed by atoms with Gasteiger partial charge >= 0.3 is 6.16 Å². The molecule has 1 aliphatic carbocycles. The Bertz CT molecular complexity index is 150.